The largest absolute Gasteiger partial charge is 0.493 e. The van der Waals surface area contributed by atoms with E-state index in [9.17, 15) is 13.2 Å². The summed E-state index contributed by atoms with van der Waals surface area (Å²) < 4.78 is 46.6. The highest BCUT2D eigenvalue weighted by Gasteiger charge is 2.22. The van der Waals surface area contributed by atoms with Gasteiger partial charge in [0.05, 0.1) is 36.5 Å². The summed E-state index contributed by atoms with van der Waals surface area (Å²) in [6, 6.07) is 9.25. The Morgan fingerprint density at radius 1 is 0.977 bits per heavy atom. The Bertz CT molecular complexity index is 1460. The van der Waals surface area contributed by atoms with Gasteiger partial charge in [0.15, 0.2) is 11.5 Å². The van der Waals surface area contributed by atoms with Crippen LogP contribution in [0.1, 0.15) is 73.3 Å². The first kappa shape index (κ1) is 35.3. The molecule has 0 spiro atoms. The molecular formula is C32H46N4O6S. The molecule has 0 aliphatic rings. The van der Waals surface area contributed by atoms with Crippen LogP contribution in [0.15, 0.2) is 62.5 Å². The Morgan fingerprint density at radius 2 is 1.67 bits per heavy atom. The van der Waals surface area contributed by atoms with Crippen LogP contribution in [0.4, 0.5) is 5.69 Å². The van der Waals surface area contributed by atoms with Gasteiger partial charge in [-0.1, -0.05) is 27.2 Å². The van der Waals surface area contributed by atoms with Crippen molar-refractivity contribution < 1.29 is 27.4 Å². The fourth-order valence-electron chi connectivity index (χ4n) is 4.01. The van der Waals surface area contributed by atoms with Crippen molar-refractivity contribution in [3.63, 3.8) is 0 Å². The number of aliphatic imine (C=N–C) groups is 2. The molecule has 0 saturated carbocycles. The number of hydrogen-bond donors (Lipinski definition) is 2. The van der Waals surface area contributed by atoms with E-state index in [-0.39, 0.29) is 10.7 Å². The summed E-state index contributed by atoms with van der Waals surface area (Å²) in [6.45, 7) is 14.3. The SMILES string of the molecule is CCCC(C)=N/C(C)=C(\C)C(=O)NC(=NC)c1cc(S(=O)(=O)Nc2ccc(OC)c(OCCC(C)C)c2)ccc1OCC. The summed E-state index contributed by atoms with van der Waals surface area (Å²) in [5.74, 6) is 1.53. The number of amidine groups is 1. The van der Waals surface area contributed by atoms with E-state index in [1.54, 1.807) is 38.1 Å². The predicted octanol–water partition coefficient (Wildman–Crippen LogP) is 6.37. The van der Waals surface area contributed by atoms with Crippen LogP contribution >= 0.6 is 0 Å². The molecule has 10 nitrogen and oxygen atoms in total. The van der Waals surface area contributed by atoms with Crippen molar-refractivity contribution in [2.75, 3.05) is 32.1 Å². The smallest absolute Gasteiger partial charge is 0.261 e. The van der Waals surface area contributed by atoms with Crippen LogP contribution in [-0.4, -0.2) is 53.2 Å². The Labute approximate surface area is 256 Å². The number of methoxy groups -OCH3 is 1. The van der Waals surface area contributed by atoms with Gasteiger partial charge in [0.1, 0.15) is 11.6 Å². The maximum atomic E-state index is 13.5. The summed E-state index contributed by atoms with van der Waals surface area (Å²) >= 11 is 0. The van der Waals surface area contributed by atoms with Crippen molar-refractivity contribution in [1.29, 1.82) is 0 Å². The number of ether oxygens (including phenoxy) is 3. The number of allylic oxidation sites excluding steroid dienone is 1. The second-order valence-corrected chi connectivity index (χ2v) is 12.1. The molecule has 1 amide bonds. The first-order valence-electron chi connectivity index (χ1n) is 14.5. The number of hydrogen-bond acceptors (Lipinski definition) is 8. The van der Waals surface area contributed by atoms with Crippen molar-refractivity contribution in [1.82, 2.24) is 5.32 Å². The Hall–Kier alpha value is -3.86. The van der Waals surface area contributed by atoms with Crippen molar-refractivity contribution in [2.45, 2.75) is 72.6 Å². The molecule has 0 heterocycles. The van der Waals surface area contributed by atoms with E-state index < -0.39 is 15.9 Å². The molecule has 2 aromatic carbocycles. The van der Waals surface area contributed by atoms with E-state index in [0.29, 0.717) is 58.9 Å². The highest BCUT2D eigenvalue weighted by Crippen LogP contribution is 2.32. The average Bonchev–Trinajstić information content (AvgIpc) is 2.95. The lowest BCUT2D eigenvalue weighted by molar-refractivity contribution is -0.116. The van der Waals surface area contributed by atoms with Crippen molar-refractivity contribution in [2.24, 2.45) is 15.9 Å². The normalized spacial score (nSPS) is 13.0. The topological polar surface area (TPSA) is 128 Å². The van der Waals surface area contributed by atoms with Gasteiger partial charge < -0.3 is 19.5 Å². The summed E-state index contributed by atoms with van der Waals surface area (Å²) in [5.41, 5.74) is 2.59. The second-order valence-electron chi connectivity index (χ2n) is 10.4. The summed E-state index contributed by atoms with van der Waals surface area (Å²) in [6.07, 6.45) is 2.64. The molecule has 0 aromatic heterocycles. The Balaban J connectivity index is 2.42. The zero-order valence-corrected chi connectivity index (χ0v) is 27.6. The number of rotatable bonds is 15. The van der Waals surface area contributed by atoms with Gasteiger partial charge in [-0.05, 0) is 76.8 Å². The van der Waals surface area contributed by atoms with Crippen LogP contribution in [0, 0.1) is 5.92 Å². The summed E-state index contributed by atoms with van der Waals surface area (Å²) in [7, 11) is -1.01. The van der Waals surface area contributed by atoms with Crippen LogP contribution in [0.25, 0.3) is 0 Å². The third kappa shape index (κ3) is 10.4. The van der Waals surface area contributed by atoms with Gasteiger partial charge in [-0.3, -0.25) is 19.5 Å². The molecule has 0 atom stereocenters. The molecular weight excluding hydrogens is 568 g/mol. The molecule has 0 unspecified atom stereocenters. The first-order chi connectivity index (χ1) is 20.4. The minimum atomic E-state index is -4.05. The number of carbonyl (C=O) groups is 1. The Morgan fingerprint density at radius 3 is 2.28 bits per heavy atom. The summed E-state index contributed by atoms with van der Waals surface area (Å²) in [4.78, 5) is 21.9. The van der Waals surface area contributed by atoms with Crippen molar-refractivity contribution >= 4 is 33.2 Å². The molecule has 236 valence electrons. The van der Waals surface area contributed by atoms with Crippen LogP contribution in [0.5, 0.6) is 17.2 Å². The molecule has 43 heavy (non-hydrogen) atoms. The van der Waals surface area contributed by atoms with Crippen LogP contribution in [0.3, 0.4) is 0 Å². The number of benzene rings is 2. The molecule has 0 aliphatic heterocycles. The van der Waals surface area contributed by atoms with E-state index in [1.165, 1.54) is 26.3 Å². The van der Waals surface area contributed by atoms with Gasteiger partial charge in [-0.15, -0.1) is 0 Å². The number of amides is 1. The van der Waals surface area contributed by atoms with E-state index in [1.807, 2.05) is 13.8 Å². The van der Waals surface area contributed by atoms with Gasteiger partial charge >= 0.3 is 0 Å². The molecule has 11 heteroatoms. The second kappa shape index (κ2) is 16.7. The van der Waals surface area contributed by atoms with Gasteiger partial charge in [0, 0.05) is 30.1 Å². The fraction of sp³-hybridized carbons (Fsp3) is 0.469. The molecule has 0 fully saturated rings. The first-order valence-corrected chi connectivity index (χ1v) is 16.0. The van der Waals surface area contributed by atoms with E-state index in [0.717, 1.165) is 25.0 Å². The number of nitrogens with zero attached hydrogens (tertiary/aromatic N) is 2. The average molecular weight is 615 g/mol. The zero-order valence-electron chi connectivity index (χ0n) is 26.8. The molecule has 0 bridgehead atoms. The minimum Gasteiger partial charge on any atom is -0.493 e. The molecule has 0 saturated heterocycles. The number of sulfonamides is 1. The number of carbonyl (C=O) groups excluding carboxylic acids is 1. The molecule has 2 N–H and O–H groups in total. The lowest BCUT2D eigenvalue weighted by Gasteiger charge is -2.17. The highest BCUT2D eigenvalue weighted by atomic mass is 32.2. The number of nitrogens with one attached hydrogen (secondary N) is 2. The standard InChI is InChI=1S/C32H46N4O6S/c1-10-12-22(5)34-24(7)23(6)32(37)35-31(33-8)27-20-26(14-16-28(27)41-11-2)43(38,39)36-25-13-15-29(40-9)30(19-25)42-18-17-21(3)4/h13-16,19-21,36H,10-12,17-18H2,1-9H3,(H,33,35,37)/b24-23+,34-22?. The van der Waals surface area contributed by atoms with E-state index >= 15 is 0 Å². The van der Waals surface area contributed by atoms with Gasteiger partial charge in [0.25, 0.3) is 15.9 Å². The maximum Gasteiger partial charge on any atom is 0.261 e. The van der Waals surface area contributed by atoms with Crippen molar-refractivity contribution in [3.8, 4) is 17.2 Å². The minimum absolute atomic E-state index is 0.0392. The van der Waals surface area contributed by atoms with Crippen LogP contribution in [-0.2, 0) is 14.8 Å². The van der Waals surface area contributed by atoms with Gasteiger partial charge in [-0.25, -0.2) is 8.42 Å². The Kier molecular flexibility index (Phi) is 13.7. The van der Waals surface area contributed by atoms with E-state index in [4.69, 9.17) is 14.2 Å². The molecule has 0 aliphatic carbocycles. The lowest BCUT2D eigenvalue weighted by atomic mass is 10.1. The maximum absolute atomic E-state index is 13.5. The van der Waals surface area contributed by atoms with Crippen LogP contribution < -0.4 is 24.2 Å². The third-order valence-corrected chi connectivity index (χ3v) is 7.87. The van der Waals surface area contributed by atoms with Crippen LogP contribution in [0.2, 0.25) is 0 Å². The predicted molar refractivity (Wildman–Crippen MR) is 173 cm³/mol. The lowest BCUT2D eigenvalue weighted by Crippen LogP contribution is -2.32. The van der Waals surface area contributed by atoms with Crippen molar-refractivity contribution in [3.05, 3.63) is 53.2 Å². The third-order valence-electron chi connectivity index (χ3n) is 6.49. The fourth-order valence-corrected chi connectivity index (χ4v) is 5.09. The zero-order chi connectivity index (χ0) is 32.2. The molecule has 2 aromatic rings. The monoisotopic (exact) mass is 614 g/mol. The van der Waals surface area contributed by atoms with E-state index in [2.05, 4.69) is 40.8 Å². The number of anilines is 1. The quantitative estimate of drug-likeness (QED) is 0.136. The van der Waals surface area contributed by atoms with Gasteiger partial charge in [0.2, 0.25) is 0 Å². The summed E-state index contributed by atoms with van der Waals surface area (Å²) in [5, 5.41) is 2.80. The highest BCUT2D eigenvalue weighted by molar-refractivity contribution is 7.92. The molecule has 0 radical (unpaired) electrons. The van der Waals surface area contributed by atoms with Gasteiger partial charge in [-0.2, -0.15) is 0 Å². The molecule has 2 rings (SSSR count).